The number of nitrogens with one attached hydrogen (secondary N) is 1. The van der Waals surface area contributed by atoms with Crippen molar-refractivity contribution in [1.82, 2.24) is 19.7 Å². The van der Waals surface area contributed by atoms with Crippen molar-refractivity contribution in [3.05, 3.63) is 65.7 Å². The maximum atomic E-state index is 13.4. The van der Waals surface area contributed by atoms with Crippen LogP contribution in [0.1, 0.15) is 30.2 Å². The number of aliphatic hydroxyl groups excluding tert-OH is 1. The number of ether oxygens (including phenoxy) is 2. The third kappa shape index (κ3) is 4.77. The van der Waals surface area contributed by atoms with Crippen LogP contribution in [0.2, 0.25) is 0 Å². The number of sulfonamides is 1. The van der Waals surface area contributed by atoms with Crippen LogP contribution >= 0.6 is 0 Å². The van der Waals surface area contributed by atoms with Crippen LogP contribution in [0.25, 0.3) is 17.3 Å². The third-order valence-electron chi connectivity index (χ3n) is 5.63. The van der Waals surface area contributed by atoms with E-state index in [1.165, 1.54) is 25.7 Å². The lowest BCUT2D eigenvalue weighted by molar-refractivity contribution is 0.171. The smallest absolute Gasteiger partial charge is 0.243 e. The van der Waals surface area contributed by atoms with Gasteiger partial charge in [0, 0.05) is 5.69 Å². The Morgan fingerprint density at radius 2 is 1.67 bits per heavy atom. The highest BCUT2D eigenvalue weighted by atomic mass is 32.2. The molecule has 2 N–H and O–H groups in total. The number of methoxy groups -OCH3 is 2. The molecule has 0 saturated carbocycles. The number of aromatic nitrogens is 4. The van der Waals surface area contributed by atoms with Gasteiger partial charge in [-0.1, -0.05) is 12.1 Å². The number of aryl methyl sites for hydroxylation is 2. The van der Waals surface area contributed by atoms with Crippen LogP contribution in [0.3, 0.4) is 0 Å². The number of anilines is 1. The fourth-order valence-corrected chi connectivity index (χ4v) is 4.74. The van der Waals surface area contributed by atoms with Gasteiger partial charge in [0.1, 0.15) is 34.3 Å². The minimum Gasteiger partial charge on any atom is -0.494 e. The second kappa shape index (κ2) is 9.99. The number of para-hydroxylation sites is 1. The van der Waals surface area contributed by atoms with E-state index in [9.17, 15) is 13.5 Å². The number of furan rings is 1. The van der Waals surface area contributed by atoms with Gasteiger partial charge in [0.25, 0.3) is 0 Å². The van der Waals surface area contributed by atoms with E-state index in [1.807, 2.05) is 0 Å². The molecule has 11 nitrogen and oxygen atoms in total. The molecule has 0 aliphatic rings. The summed E-state index contributed by atoms with van der Waals surface area (Å²) < 4.78 is 47.5. The molecule has 0 aliphatic carbocycles. The molecule has 12 heteroatoms. The zero-order valence-electron chi connectivity index (χ0n) is 20.5. The summed E-state index contributed by atoms with van der Waals surface area (Å²) in [5, 5.41) is 17.8. The average Bonchev–Trinajstić information content (AvgIpc) is 3.47. The van der Waals surface area contributed by atoms with E-state index in [-0.39, 0.29) is 17.5 Å². The largest absolute Gasteiger partial charge is 0.494 e. The summed E-state index contributed by atoms with van der Waals surface area (Å²) in [5.41, 5.74) is 1.26. The van der Waals surface area contributed by atoms with Crippen molar-refractivity contribution in [1.29, 1.82) is 0 Å². The monoisotopic (exact) mass is 513 g/mol. The first-order valence-electron chi connectivity index (χ1n) is 11.0. The standard InChI is InChI=1S/C24H27N5O6S/c1-14-8-6-9-17(25-14)22(30)16(3)36(31,32)28-24-27-26-23(20-13-12-15(2)35-20)29(24)21-18(33-4)10-7-11-19(21)34-5/h6-13,16,22,30H,1-5H3,(H,27,28). The molecule has 0 fully saturated rings. The molecule has 190 valence electrons. The highest BCUT2D eigenvalue weighted by Crippen LogP contribution is 2.38. The van der Waals surface area contributed by atoms with Crippen molar-refractivity contribution in [3.8, 4) is 28.8 Å². The lowest BCUT2D eigenvalue weighted by atomic mass is 10.2. The molecule has 0 radical (unpaired) electrons. The van der Waals surface area contributed by atoms with E-state index in [4.69, 9.17) is 13.9 Å². The van der Waals surface area contributed by atoms with E-state index in [2.05, 4.69) is 19.9 Å². The maximum absolute atomic E-state index is 13.4. The lowest BCUT2D eigenvalue weighted by Gasteiger charge is -2.21. The van der Waals surface area contributed by atoms with E-state index in [0.29, 0.717) is 34.4 Å². The summed E-state index contributed by atoms with van der Waals surface area (Å²) in [6.45, 7) is 4.92. The van der Waals surface area contributed by atoms with Crippen LogP contribution in [0.4, 0.5) is 5.95 Å². The van der Waals surface area contributed by atoms with Crippen LogP contribution in [-0.2, 0) is 10.0 Å². The number of hydrogen-bond acceptors (Lipinski definition) is 9. The second-order valence-corrected chi connectivity index (χ2v) is 10.1. The van der Waals surface area contributed by atoms with Crippen LogP contribution in [0, 0.1) is 13.8 Å². The average molecular weight is 514 g/mol. The van der Waals surface area contributed by atoms with Gasteiger partial charge in [-0.2, -0.15) is 0 Å². The molecule has 3 aromatic heterocycles. The quantitative estimate of drug-likeness (QED) is 0.344. The van der Waals surface area contributed by atoms with Gasteiger partial charge in [-0.05, 0) is 57.2 Å². The number of rotatable bonds is 9. The summed E-state index contributed by atoms with van der Waals surface area (Å²) >= 11 is 0. The minimum absolute atomic E-state index is 0.141. The Kier molecular flexibility index (Phi) is 7.00. The third-order valence-corrected chi connectivity index (χ3v) is 7.33. The van der Waals surface area contributed by atoms with E-state index < -0.39 is 21.4 Å². The molecule has 1 aromatic carbocycles. The number of hydrogen-bond donors (Lipinski definition) is 2. The van der Waals surface area contributed by atoms with Gasteiger partial charge in [-0.15, -0.1) is 10.2 Å². The number of benzene rings is 1. The Balaban J connectivity index is 1.82. The SMILES string of the molecule is COc1cccc(OC)c1-n1c(NS(=O)(=O)C(C)C(O)c2cccc(C)n2)nnc1-c1ccc(C)o1. The summed E-state index contributed by atoms with van der Waals surface area (Å²) in [6.07, 6.45) is -1.38. The maximum Gasteiger partial charge on any atom is 0.243 e. The van der Waals surface area contributed by atoms with Gasteiger partial charge in [0.15, 0.2) is 5.76 Å². The van der Waals surface area contributed by atoms with Crippen LogP contribution in [0.15, 0.2) is 52.9 Å². The van der Waals surface area contributed by atoms with E-state index >= 15 is 0 Å². The van der Waals surface area contributed by atoms with Crippen molar-refractivity contribution in [2.75, 3.05) is 18.9 Å². The summed E-state index contributed by atoms with van der Waals surface area (Å²) in [7, 11) is -1.22. The molecule has 2 atom stereocenters. The number of aliphatic hydroxyl groups is 1. The first-order valence-corrected chi connectivity index (χ1v) is 12.6. The van der Waals surface area contributed by atoms with Gasteiger partial charge in [0.05, 0.1) is 19.9 Å². The summed E-state index contributed by atoms with van der Waals surface area (Å²) in [4.78, 5) is 4.25. The van der Waals surface area contributed by atoms with Gasteiger partial charge in [-0.25, -0.2) is 8.42 Å². The fourth-order valence-electron chi connectivity index (χ4n) is 3.69. The molecule has 3 heterocycles. The lowest BCUT2D eigenvalue weighted by Crippen LogP contribution is -2.32. The zero-order chi connectivity index (χ0) is 26.0. The predicted molar refractivity (Wildman–Crippen MR) is 133 cm³/mol. The minimum atomic E-state index is -4.18. The van der Waals surface area contributed by atoms with Crippen molar-refractivity contribution >= 4 is 16.0 Å². The highest BCUT2D eigenvalue weighted by molar-refractivity contribution is 7.93. The first kappa shape index (κ1) is 25.2. The number of pyridine rings is 1. The molecular weight excluding hydrogens is 486 g/mol. The Bertz CT molecular complexity index is 1460. The van der Waals surface area contributed by atoms with Crippen LogP contribution in [-0.4, -0.2) is 52.7 Å². The molecule has 4 aromatic rings. The molecular formula is C24H27N5O6S. The molecule has 4 rings (SSSR count). The molecule has 36 heavy (non-hydrogen) atoms. The van der Waals surface area contributed by atoms with Gasteiger partial charge in [0.2, 0.25) is 21.8 Å². The van der Waals surface area contributed by atoms with Crippen molar-refractivity contribution in [2.24, 2.45) is 0 Å². The normalized spacial score (nSPS) is 13.3. The van der Waals surface area contributed by atoms with Gasteiger partial charge < -0.3 is 19.0 Å². The van der Waals surface area contributed by atoms with Crippen LogP contribution in [0.5, 0.6) is 11.5 Å². The summed E-state index contributed by atoms with van der Waals surface area (Å²) in [6, 6.07) is 13.6. The molecule has 0 aliphatic heterocycles. The van der Waals surface area contributed by atoms with Gasteiger partial charge in [-0.3, -0.25) is 14.3 Å². The fraction of sp³-hybridized carbons (Fsp3) is 0.292. The van der Waals surface area contributed by atoms with Crippen molar-refractivity contribution < 1.29 is 27.4 Å². The Hall–Kier alpha value is -3.90. The Morgan fingerprint density at radius 1 is 1.00 bits per heavy atom. The summed E-state index contributed by atoms with van der Waals surface area (Å²) in [5.74, 6) is 1.84. The predicted octanol–water partition coefficient (Wildman–Crippen LogP) is 3.42. The first-order chi connectivity index (χ1) is 17.2. The molecule has 2 unspecified atom stereocenters. The van der Waals surface area contributed by atoms with E-state index in [0.717, 1.165) is 0 Å². The molecule has 0 amide bonds. The highest BCUT2D eigenvalue weighted by Gasteiger charge is 2.33. The van der Waals surface area contributed by atoms with Gasteiger partial charge >= 0.3 is 0 Å². The Morgan fingerprint density at radius 3 is 2.25 bits per heavy atom. The second-order valence-electron chi connectivity index (χ2n) is 8.10. The molecule has 0 bridgehead atoms. The van der Waals surface area contributed by atoms with Crippen molar-refractivity contribution in [3.63, 3.8) is 0 Å². The molecule has 0 spiro atoms. The molecule has 0 saturated heterocycles. The van der Waals surface area contributed by atoms with E-state index in [1.54, 1.807) is 62.4 Å². The Labute approximate surface area is 208 Å². The van der Waals surface area contributed by atoms with Crippen LogP contribution < -0.4 is 14.2 Å². The zero-order valence-corrected chi connectivity index (χ0v) is 21.3. The topological polar surface area (TPSA) is 142 Å². The van der Waals surface area contributed by atoms with Crippen molar-refractivity contribution in [2.45, 2.75) is 32.1 Å². The number of nitrogens with zero attached hydrogens (tertiary/aromatic N) is 4.